The highest BCUT2D eigenvalue weighted by atomic mass is 16.4. The van der Waals surface area contributed by atoms with Gasteiger partial charge in [0.1, 0.15) is 6.10 Å². The lowest BCUT2D eigenvalue weighted by Crippen LogP contribution is -2.56. The number of amides is 2. The van der Waals surface area contributed by atoms with Gasteiger partial charge < -0.3 is 25.5 Å². The Morgan fingerprint density at radius 3 is 2.12 bits per heavy atom. The van der Waals surface area contributed by atoms with E-state index in [0.717, 1.165) is 45.3 Å². The first-order valence-electron chi connectivity index (χ1n) is 9.85. The molecule has 144 valence electrons. The van der Waals surface area contributed by atoms with Crippen LogP contribution in [0, 0.1) is 5.92 Å². The van der Waals surface area contributed by atoms with Crippen LogP contribution in [0.2, 0.25) is 0 Å². The molecule has 3 atom stereocenters. The van der Waals surface area contributed by atoms with Gasteiger partial charge in [-0.2, -0.15) is 0 Å². The monoisotopic (exact) mass is 355 g/mol. The molecule has 4 N–H and O–H groups in total. The molecule has 3 fully saturated rings. The first-order chi connectivity index (χ1) is 12.0. The predicted octanol–water partition coefficient (Wildman–Crippen LogP) is 0.139. The van der Waals surface area contributed by atoms with Crippen LogP contribution in [0.5, 0.6) is 0 Å². The number of hydrogen-bond acceptors (Lipinski definition) is 5. The van der Waals surface area contributed by atoms with Gasteiger partial charge in [-0.1, -0.05) is 19.3 Å². The van der Waals surface area contributed by atoms with Crippen molar-refractivity contribution in [2.24, 2.45) is 5.92 Å². The smallest absolute Gasteiger partial charge is 0.317 e. The molecule has 3 rings (SSSR count). The van der Waals surface area contributed by atoms with Gasteiger partial charge in [-0.25, -0.2) is 4.79 Å². The number of urea groups is 1. The summed E-state index contributed by atoms with van der Waals surface area (Å²) in [4.78, 5) is 16.4. The summed E-state index contributed by atoms with van der Waals surface area (Å²) < 4.78 is 0. The van der Waals surface area contributed by atoms with Crippen LogP contribution in [0.3, 0.4) is 0 Å². The number of nitrogens with zero attached hydrogens (tertiary/aromatic N) is 2. The maximum atomic E-state index is 12.4. The fourth-order valence-corrected chi connectivity index (χ4v) is 4.42. The lowest BCUT2D eigenvalue weighted by molar-refractivity contribution is -0.112. The van der Waals surface area contributed by atoms with Gasteiger partial charge in [0.15, 0.2) is 0 Å². The molecule has 0 aromatic heterocycles. The Morgan fingerprint density at radius 1 is 0.920 bits per heavy atom. The van der Waals surface area contributed by atoms with Gasteiger partial charge >= 0.3 is 6.03 Å². The zero-order valence-electron chi connectivity index (χ0n) is 15.0. The molecule has 2 amide bonds. The van der Waals surface area contributed by atoms with E-state index in [2.05, 4.69) is 5.32 Å². The maximum absolute atomic E-state index is 12.4. The molecule has 0 bridgehead atoms. The molecule has 0 spiro atoms. The standard InChI is InChI=1S/C18H33N3O4/c22-15-11-20(12-16(23)17(15)24)10-13-6-8-21(9-7-13)18(25)19-14-4-2-1-3-5-14/h13-17,22-24H,1-12H2,(H,19,25)/t15-,16+,17+. The van der Waals surface area contributed by atoms with E-state index in [1.807, 2.05) is 9.80 Å². The molecule has 2 saturated heterocycles. The van der Waals surface area contributed by atoms with E-state index in [4.69, 9.17) is 0 Å². The Balaban J connectivity index is 1.39. The van der Waals surface area contributed by atoms with E-state index < -0.39 is 18.3 Å². The van der Waals surface area contributed by atoms with E-state index in [9.17, 15) is 20.1 Å². The fourth-order valence-electron chi connectivity index (χ4n) is 4.42. The molecule has 0 aromatic rings. The van der Waals surface area contributed by atoms with Crippen molar-refractivity contribution in [3.05, 3.63) is 0 Å². The van der Waals surface area contributed by atoms with Crippen molar-refractivity contribution in [2.75, 3.05) is 32.7 Å². The Kier molecular flexibility index (Phi) is 6.55. The van der Waals surface area contributed by atoms with Gasteiger partial charge in [0.25, 0.3) is 0 Å². The van der Waals surface area contributed by atoms with Crippen molar-refractivity contribution < 1.29 is 20.1 Å². The van der Waals surface area contributed by atoms with Crippen LogP contribution >= 0.6 is 0 Å². The Bertz CT molecular complexity index is 424. The van der Waals surface area contributed by atoms with Crippen molar-refractivity contribution in [3.8, 4) is 0 Å². The van der Waals surface area contributed by atoms with Gasteiger partial charge in [-0.15, -0.1) is 0 Å². The van der Waals surface area contributed by atoms with E-state index in [0.29, 0.717) is 25.0 Å². The summed E-state index contributed by atoms with van der Waals surface area (Å²) in [5.74, 6) is 0.466. The minimum atomic E-state index is -1.04. The second kappa shape index (κ2) is 8.66. The molecule has 2 aliphatic heterocycles. The number of hydrogen-bond donors (Lipinski definition) is 4. The van der Waals surface area contributed by atoms with Crippen LogP contribution in [0.1, 0.15) is 44.9 Å². The van der Waals surface area contributed by atoms with Crippen molar-refractivity contribution in [1.29, 1.82) is 0 Å². The third kappa shape index (κ3) is 5.06. The number of nitrogens with one attached hydrogen (secondary N) is 1. The number of carbonyl (C=O) groups is 1. The average Bonchev–Trinajstić information content (AvgIpc) is 2.61. The Labute approximate surface area is 150 Å². The minimum absolute atomic E-state index is 0.0808. The van der Waals surface area contributed by atoms with Gasteiger partial charge in [0.2, 0.25) is 0 Å². The van der Waals surface area contributed by atoms with Gasteiger partial charge in [0.05, 0.1) is 12.2 Å². The molecule has 25 heavy (non-hydrogen) atoms. The molecule has 1 aliphatic carbocycles. The quantitative estimate of drug-likeness (QED) is 0.577. The van der Waals surface area contributed by atoms with Crippen LogP contribution in [0.25, 0.3) is 0 Å². The number of rotatable bonds is 3. The summed E-state index contributed by atoms with van der Waals surface area (Å²) in [5.41, 5.74) is 0. The van der Waals surface area contributed by atoms with E-state index in [1.54, 1.807) is 0 Å². The van der Waals surface area contributed by atoms with Crippen molar-refractivity contribution in [3.63, 3.8) is 0 Å². The van der Waals surface area contributed by atoms with Crippen molar-refractivity contribution in [2.45, 2.75) is 69.3 Å². The molecule has 0 radical (unpaired) electrons. The second-order valence-corrected chi connectivity index (χ2v) is 8.06. The topological polar surface area (TPSA) is 96.3 Å². The number of aliphatic hydroxyl groups is 3. The van der Waals surface area contributed by atoms with E-state index >= 15 is 0 Å². The molecule has 2 heterocycles. The average molecular weight is 355 g/mol. The zero-order chi connectivity index (χ0) is 17.8. The van der Waals surface area contributed by atoms with Crippen molar-refractivity contribution >= 4 is 6.03 Å². The van der Waals surface area contributed by atoms with E-state index in [1.165, 1.54) is 19.3 Å². The normalized spacial score (nSPS) is 33.4. The predicted molar refractivity (Wildman–Crippen MR) is 94.2 cm³/mol. The highest BCUT2D eigenvalue weighted by Gasteiger charge is 2.35. The second-order valence-electron chi connectivity index (χ2n) is 8.06. The molecular formula is C18H33N3O4. The summed E-state index contributed by atoms with van der Waals surface area (Å²) in [6, 6.07) is 0.430. The number of likely N-dealkylation sites (tertiary alicyclic amines) is 2. The number of carbonyl (C=O) groups excluding carboxylic acids is 1. The minimum Gasteiger partial charge on any atom is -0.389 e. The third-order valence-corrected chi connectivity index (χ3v) is 6.03. The summed E-state index contributed by atoms with van der Waals surface area (Å²) in [6.45, 7) is 3.15. The highest BCUT2D eigenvalue weighted by molar-refractivity contribution is 5.74. The molecule has 1 saturated carbocycles. The van der Waals surface area contributed by atoms with E-state index in [-0.39, 0.29) is 6.03 Å². The van der Waals surface area contributed by atoms with Crippen LogP contribution in [-0.2, 0) is 0 Å². The highest BCUT2D eigenvalue weighted by Crippen LogP contribution is 2.22. The fraction of sp³-hybridized carbons (Fsp3) is 0.944. The van der Waals surface area contributed by atoms with Crippen molar-refractivity contribution in [1.82, 2.24) is 15.1 Å². The molecule has 7 nitrogen and oxygen atoms in total. The number of β-amino-alcohol motifs (C(OH)–C–C–N with tert-alkyl or cyclic N) is 2. The number of aliphatic hydroxyl groups excluding tert-OH is 3. The van der Waals surface area contributed by atoms with Gasteiger partial charge in [0, 0.05) is 38.8 Å². The first-order valence-corrected chi connectivity index (χ1v) is 9.85. The molecule has 7 heteroatoms. The molecule has 0 unspecified atom stereocenters. The number of piperidine rings is 2. The molecular weight excluding hydrogens is 322 g/mol. The maximum Gasteiger partial charge on any atom is 0.317 e. The van der Waals surface area contributed by atoms with Crippen LogP contribution in [-0.4, -0.2) is 88.2 Å². The Morgan fingerprint density at radius 2 is 1.52 bits per heavy atom. The molecule has 3 aliphatic rings. The van der Waals surface area contributed by atoms with Gasteiger partial charge in [-0.05, 0) is 31.6 Å². The lowest BCUT2D eigenvalue weighted by atomic mass is 9.94. The summed E-state index contributed by atoms with van der Waals surface area (Å²) in [6.07, 6.45) is 5.02. The van der Waals surface area contributed by atoms with Crippen LogP contribution in [0.4, 0.5) is 4.79 Å². The molecule has 0 aromatic carbocycles. The van der Waals surface area contributed by atoms with Gasteiger partial charge in [-0.3, -0.25) is 4.90 Å². The largest absolute Gasteiger partial charge is 0.389 e. The lowest BCUT2D eigenvalue weighted by Gasteiger charge is -2.40. The van der Waals surface area contributed by atoms with Crippen LogP contribution < -0.4 is 5.32 Å². The summed E-state index contributed by atoms with van der Waals surface area (Å²) >= 11 is 0. The Hall–Kier alpha value is -0.890. The third-order valence-electron chi connectivity index (χ3n) is 6.03. The zero-order valence-corrected chi connectivity index (χ0v) is 15.0. The first kappa shape index (κ1) is 18.9. The summed E-state index contributed by atoms with van der Waals surface area (Å²) in [7, 11) is 0. The summed E-state index contributed by atoms with van der Waals surface area (Å²) in [5, 5.41) is 32.4. The SMILES string of the molecule is O=C(NC1CCCCC1)N1CCC(CN2C[C@@H](O)[C@H](O)[C@@H](O)C2)CC1. The van der Waals surface area contributed by atoms with Crippen LogP contribution in [0.15, 0.2) is 0 Å².